The number of rotatable bonds is 8. The second kappa shape index (κ2) is 9.37. The number of benzene rings is 1. The SMILES string of the molecule is NC(N)=[NH+]CCOc1cccc2c1Nc1nc(=O)n([C@H]3CC(OO)[C@@H](COO)O3)cc1O2. The summed E-state index contributed by atoms with van der Waals surface area (Å²) in [7, 11) is 0. The fraction of sp³-hybridized carbons (Fsp3) is 0.389. The van der Waals surface area contributed by atoms with E-state index in [2.05, 4.69) is 25.1 Å². The van der Waals surface area contributed by atoms with Crippen molar-refractivity contribution in [2.45, 2.75) is 24.9 Å². The Morgan fingerprint density at radius 1 is 1.34 bits per heavy atom. The average Bonchev–Trinajstić information content (AvgIpc) is 3.18. The lowest BCUT2D eigenvalue weighted by Gasteiger charge is -2.24. The lowest BCUT2D eigenvalue weighted by molar-refractivity contribution is -0.461. The highest BCUT2D eigenvalue weighted by molar-refractivity contribution is 5.77. The Morgan fingerprint density at radius 3 is 2.94 bits per heavy atom. The third kappa shape index (κ3) is 4.44. The van der Waals surface area contributed by atoms with Gasteiger partial charge in [0.05, 0.1) is 12.7 Å². The van der Waals surface area contributed by atoms with Gasteiger partial charge in [0.15, 0.2) is 17.3 Å². The zero-order chi connectivity index (χ0) is 22.7. The molecule has 0 aliphatic carbocycles. The van der Waals surface area contributed by atoms with Gasteiger partial charge in [-0.15, -0.1) is 0 Å². The first kappa shape index (κ1) is 21.8. The second-order valence-corrected chi connectivity index (χ2v) is 7.04. The molecule has 1 unspecified atom stereocenters. The first-order chi connectivity index (χ1) is 15.5. The van der Waals surface area contributed by atoms with E-state index >= 15 is 0 Å². The summed E-state index contributed by atoms with van der Waals surface area (Å²) in [6, 6.07) is 5.22. The number of hydrogen-bond donors (Lipinski definition) is 6. The van der Waals surface area contributed by atoms with E-state index in [9.17, 15) is 4.79 Å². The van der Waals surface area contributed by atoms with Gasteiger partial charge in [-0.25, -0.2) is 14.6 Å². The van der Waals surface area contributed by atoms with Gasteiger partial charge in [0.25, 0.3) is 0 Å². The summed E-state index contributed by atoms with van der Waals surface area (Å²) in [5.41, 5.74) is 10.6. The molecule has 2 aliphatic heterocycles. The van der Waals surface area contributed by atoms with Crippen molar-refractivity contribution in [3.63, 3.8) is 0 Å². The smallest absolute Gasteiger partial charge is 0.351 e. The molecule has 14 heteroatoms. The van der Waals surface area contributed by atoms with E-state index in [1.165, 1.54) is 10.8 Å². The normalized spacial score (nSPS) is 21.1. The zero-order valence-electron chi connectivity index (χ0n) is 16.8. The maximum absolute atomic E-state index is 12.6. The van der Waals surface area contributed by atoms with Crippen LogP contribution in [0.1, 0.15) is 12.6 Å². The minimum Gasteiger partial charge on any atom is -0.488 e. The molecule has 0 amide bonds. The molecule has 172 valence electrons. The molecule has 2 aliphatic rings. The fourth-order valence-corrected chi connectivity index (χ4v) is 3.46. The second-order valence-electron chi connectivity index (χ2n) is 7.04. The highest BCUT2D eigenvalue weighted by Crippen LogP contribution is 2.45. The summed E-state index contributed by atoms with van der Waals surface area (Å²) in [5, 5.41) is 20.8. The van der Waals surface area contributed by atoms with Crippen LogP contribution in [0.15, 0.2) is 29.2 Å². The lowest BCUT2D eigenvalue weighted by atomic mass is 10.2. The van der Waals surface area contributed by atoms with Gasteiger partial charge >= 0.3 is 11.6 Å². The molecule has 0 radical (unpaired) electrons. The van der Waals surface area contributed by atoms with Crippen molar-refractivity contribution in [1.82, 2.24) is 9.55 Å². The Morgan fingerprint density at radius 2 is 2.19 bits per heavy atom. The fourth-order valence-electron chi connectivity index (χ4n) is 3.46. The van der Waals surface area contributed by atoms with E-state index in [0.29, 0.717) is 23.7 Å². The number of fused-ring (bicyclic) bond motifs is 2. The average molecular weight is 451 g/mol. The van der Waals surface area contributed by atoms with Gasteiger partial charge in [-0.05, 0) is 12.1 Å². The Balaban J connectivity index is 1.54. The Bertz CT molecular complexity index is 1060. The molecule has 8 N–H and O–H groups in total. The topological polar surface area (TPSA) is 200 Å². The van der Waals surface area contributed by atoms with Crippen LogP contribution in [0.2, 0.25) is 0 Å². The largest absolute Gasteiger partial charge is 0.488 e. The van der Waals surface area contributed by atoms with Crippen molar-refractivity contribution >= 4 is 17.5 Å². The van der Waals surface area contributed by atoms with E-state index in [-0.39, 0.29) is 37.2 Å². The minimum atomic E-state index is -0.809. The van der Waals surface area contributed by atoms with Crippen LogP contribution >= 0.6 is 0 Å². The molecule has 1 saturated heterocycles. The number of nitrogens with one attached hydrogen (secondary N) is 2. The van der Waals surface area contributed by atoms with E-state index in [4.69, 9.17) is 36.2 Å². The predicted molar refractivity (Wildman–Crippen MR) is 108 cm³/mol. The molecule has 3 atom stereocenters. The highest BCUT2D eigenvalue weighted by atomic mass is 17.1. The first-order valence-electron chi connectivity index (χ1n) is 9.67. The third-order valence-corrected chi connectivity index (χ3v) is 4.92. The standard InChI is InChI=1S/C18H22N6O8/c19-17(20)21-4-5-28-9-2-1-3-10-15(9)22-16-12(30-10)7-24(18(25)23-16)14-6-11(32-27)13(31-14)8-29-26/h1-3,7,11,13-14,26-27H,4-6,8H2,(H4,19,20,21)(H,22,23,25)/p+1/t11?,13-,14-/m1/s1. The van der Waals surface area contributed by atoms with Crippen LogP contribution in [-0.4, -0.2) is 58.0 Å². The van der Waals surface area contributed by atoms with E-state index in [0.717, 1.165) is 0 Å². The van der Waals surface area contributed by atoms with E-state index in [1.807, 2.05) is 0 Å². The molecule has 32 heavy (non-hydrogen) atoms. The van der Waals surface area contributed by atoms with Crippen molar-refractivity contribution in [1.29, 1.82) is 0 Å². The minimum absolute atomic E-state index is 0.0953. The number of guanidine groups is 1. The van der Waals surface area contributed by atoms with Crippen LogP contribution in [0.4, 0.5) is 11.5 Å². The highest BCUT2D eigenvalue weighted by Gasteiger charge is 2.39. The molecule has 0 spiro atoms. The van der Waals surface area contributed by atoms with Crippen molar-refractivity contribution < 1.29 is 39.5 Å². The van der Waals surface area contributed by atoms with Gasteiger partial charge in [0, 0.05) is 6.42 Å². The van der Waals surface area contributed by atoms with Crippen LogP contribution in [0.25, 0.3) is 0 Å². The predicted octanol–water partition coefficient (Wildman–Crippen LogP) is -1.54. The molecular weight excluding hydrogens is 428 g/mol. The number of hydrogen-bond acceptors (Lipinski definition) is 10. The lowest BCUT2D eigenvalue weighted by Crippen LogP contribution is -2.79. The molecule has 1 aromatic heterocycles. The molecule has 0 bridgehead atoms. The van der Waals surface area contributed by atoms with Gasteiger partial charge in [-0.1, -0.05) is 6.07 Å². The van der Waals surface area contributed by atoms with Gasteiger partial charge in [-0.3, -0.25) is 31.5 Å². The van der Waals surface area contributed by atoms with Gasteiger partial charge in [-0.2, -0.15) is 4.98 Å². The van der Waals surface area contributed by atoms with Crippen molar-refractivity contribution in [2.75, 3.05) is 25.1 Å². The molecule has 4 rings (SSSR count). The van der Waals surface area contributed by atoms with E-state index in [1.54, 1.807) is 18.2 Å². The molecule has 1 aromatic carbocycles. The summed E-state index contributed by atoms with van der Waals surface area (Å²) in [5.74, 6) is 1.54. The van der Waals surface area contributed by atoms with E-state index < -0.39 is 24.1 Å². The van der Waals surface area contributed by atoms with Crippen LogP contribution in [-0.2, 0) is 14.5 Å². The number of nitrogens with zero attached hydrogens (tertiary/aromatic N) is 2. The van der Waals surface area contributed by atoms with Crippen molar-refractivity contribution in [3.05, 3.63) is 34.9 Å². The van der Waals surface area contributed by atoms with Crippen LogP contribution in [0.3, 0.4) is 0 Å². The zero-order valence-corrected chi connectivity index (χ0v) is 16.8. The van der Waals surface area contributed by atoms with Crippen LogP contribution < -0.4 is 36.9 Å². The van der Waals surface area contributed by atoms with Crippen LogP contribution in [0, 0.1) is 0 Å². The third-order valence-electron chi connectivity index (χ3n) is 4.92. The number of para-hydroxylation sites is 1. The number of anilines is 2. The molecule has 0 saturated carbocycles. The maximum atomic E-state index is 12.6. The Hall–Kier alpha value is -3.43. The number of aromatic nitrogens is 2. The Kier molecular flexibility index (Phi) is 6.38. The molecular formula is C18H23N6O8+. The quantitative estimate of drug-likeness (QED) is 0.0759. The molecule has 14 nitrogen and oxygen atoms in total. The molecule has 1 fully saturated rings. The van der Waals surface area contributed by atoms with Gasteiger partial charge < -0.3 is 19.5 Å². The summed E-state index contributed by atoms with van der Waals surface area (Å²) in [6.45, 7) is 0.437. The first-order valence-corrected chi connectivity index (χ1v) is 9.67. The van der Waals surface area contributed by atoms with Crippen LogP contribution in [0.5, 0.6) is 17.2 Å². The summed E-state index contributed by atoms with van der Waals surface area (Å²) < 4.78 is 18.5. The van der Waals surface area contributed by atoms with Crippen molar-refractivity contribution in [3.8, 4) is 17.2 Å². The molecule has 2 aromatic rings. The summed E-state index contributed by atoms with van der Waals surface area (Å²) in [4.78, 5) is 27.9. The summed E-state index contributed by atoms with van der Waals surface area (Å²) in [6.07, 6.45) is -0.808. The summed E-state index contributed by atoms with van der Waals surface area (Å²) >= 11 is 0. The van der Waals surface area contributed by atoms with Gasteiger partial charge in [0.1, 0.15) is 43.1 Å². The maximum Gasteiger partial charge on any atom is 0.351 e. The van der Waals surface area contributed by atoms with Gasteiger partial charge in [0.2, 0.25) is 0 Å². The van der Waals surface area contributed by atoms with Crippen molar-refractivity contribution in [2.24, 2.45) is 11.5 Å². The Labute approximate surface area is 180 Å². The molecule has 3 heterocycles. The number of nitrogens with two attached hydrogens (primary N) is 2. The monoisotopic (exact) mass is 451 g/mol. The number of ether oxygens (including phenoxy) is 3.